The Morgan fingerprint density at radius 2 is 1.91 bits per heavy atom. The fourth-order valence-corrected chi connectivity index (χ4v) is 3.43. The largest absolute Gasteiger partial charge is 0.494 e. The minimum absolute atomic E-state index is 0.429. The number of thiazole rings is 1. The van der Waals surface area contributed by atoms with Gasteiger partial charge in [-0.15, -0.1) is 0 Å². The number of aromatic nitrogens is 1. The number of para-hydroxylation sites is 1. The molecule has 0 aliphatic heterocycles. The lowest BCUT2D eigenvalue weighted by Gasteiger charge is -2.06. The van der Waals surface area contributed by atoms with Crippen molar-refractivity contribution < 1.29 is 9.53 Å². The van der Waals surface area contributed by atoms with Gasteiger partial charge in [-0.3, -0.25) is 5.32 Å². The summed E-state index contributed by atoms with van der Waals surface area (Å²) >= 11 is 13.2. The first kappa shape index (κ1) is 15.9. The molecule has 0 saturated carbocycles. The first-order chi connectivity index (χ1) is 11.0. The molecule has 23 heavy (non-hydrogen) atoms. The van der Waals surface area contributed by atoms with Crippen molar-refractivity contribution in [2.24, 2.45) is 0 Å². The molecule has 3 rings (SSSR count). The molecule has 0 bridgehead atoms. The average Bonchev–Trinajstić information content (AvgIpc) is 2.87. The molecule has 2 N–H and O–H groups in total. The van der Waals surface area contributed by atoms with E-state index in [4.69, 9.17) is 27.9 Å². The minimum Gasteiger partial charge on any atom is -0.494 e. The number of benzene rings is 2. The number of hydrogen-bond acceptors (Lipinski definition) is 4. The van der Waals surface area contributed by atoms with Gasteiger partial charge in [0.05, 0.1) is 11.8 Å². The molecule has 0 spiro atoms. The number of hydrogen-bond donors (Lipinski definition) is 2. The van der Waals surface area contributed by atoms with Crippen LogP contribution >= 0.6 is 34.5 Å². The average molecular weight is 368 g/mol. The maximum Gasteiger partial charge on any atom is 0.325 e. The van der Waals surface area contributed by atoms with Gasteiger partial charge in [-0.2, -0.15) is 0 Å². The standard InChI is InChI=1S/C15H11Cl2N3O2S/c1-22-11-3-2-4-12-13(11)19-15(23-12)20-14(21)18-10-6-8(16)5-9(17)7-10/h2-7H,1H3,(H2,18,19,20,21). The van der Waals surface area contributed by atoms with Gasteiger partial charge in [-0.05, 0) is 30.3 Å². The Balaban J connectivity index is 1.77. The second-order valence-corrected chi connectivity index (χ2v) is 6.47. The summed E-state index contributed by atoms with van der Waals surface area (Å²) in [5, 5.41) is 6.70. The minimum atomic E-state index is -0.429. The molecule has 0 radical (unpaired) electrons. The Hall–Kier alpha value is -2.02. The van der Waals surface area contributed by atoms with E-state index in [1.54, 1.807) is 25.3 Å². The van der Waals surface area contributed by atoms with Crippen LogP contribution in [0.4, 0.5) is 15.6 Å². The van der Waals surface area contributed by atoms with Gasteiger partial charge in [0.2, 0.25) is 0 Å². The Kier molecular flexibility index (Phi) is 4.56. The molecular formula is C15H11Cl2N3O2S. The van der Waals surface area contributed by atoms with Crippen molar-refractivity contribution >= 4 is 61.6 Å². The molecule has 2 amide bonds. The molecule has 0 aliphatic rings. The number of methoxy groups -OCH3 is 1. The van der Waals surface area contributed by atoms with Crippen LogP contribution in [-0.2, 0) is 0 Å². The van der Waals surface area contributed by atoms with Crippen LogP contribution in [0, 0.1) is 0 Å². The highest BCUT2D eigenvalue weighted by molar-refractivity contribution is 7.22. The second-order valence-electron chi connectivity index (χ2n) is 4.56. The highest BCUT2D eigenvalue weighted by Gasteiger charge is 2.11. The number of nitrogens with zero attached hydrogens (tertiary/aromatic N) is 1. The van der Waals surface area contributed by atoms with Crippen molar-refractivity contribution in [3.05, 3.63) is 46.4 Å². The predicted octanol–water partition coefficient (Wildman–Crippen LogP) is 5.26. The van der Waals surface area contributed by atoms with Gasteiger partial charge in [0.25, 0.3) is 0 Å². The van der Waals surface area contributed by atoms with E-state index in [9.17, 15) is 4.79 Å². The van der Waals surface area contributed by atoms with E-state index in [1.165, 1.54) is 11.3 Å². The van der Waals surface area contributed by atoms with Crippen LogP contribution in [0.3, 0.4) is 0 Å². The third kappa shape index (κ3) is 3.67. The smallest absolute Gasteiger partial charge is 0.325 e. The summed E-state index contributed by atoms with van der Waals surface area (Å²) < 4.78 is 6.18. The molecule has 0 fully saturated rings. The molecule has 1 heterocycles. The van der Waals surface area contributed by atoms with Crippen LogP contribution < -0.4 is 15.4 Å². The van der Waals surface area contributed by atoms with E-state index in [-0.39, 0.29) is 0 Å². The molecule has 0 unspecified atom stereocenters. The summed E-state index contributed by atoms with van der Waals surface area (Å²) in [6, 6.07) is 9.97. The third-order valence-electron chi connectivity index (χ3n) is 2.94. The molecule has 3 aromatic rings. The summed E-state index contributed by atoms with van der Waals surface area (Å²) in [6.07, 6.45) is 0. The number of nitrogens with one attached hydrogen (secondary N) is 2. The van der Waals surface area contributed by atoms with Crippen LogP contribution in [0.15, 0.2) is 36.4 Å². The zero-order chi connectivity index (χ0) is 16.4. The van der Waals surface area contributed by atoms with E-state index in [0.29, 0.717) is 32.1 Å². The first-order valence-corrected chi connectivity index (χ1v) is 8.10. The lowest BCUT2D eigenvalue weighted by atomic mass is 10.3. The zero-order valence-corrected chi connectivity index (χ0v) is 14.2. The summed E-state index contributed by atoms with van der Waals surface area (Å²) in [5.74, 6) is 0.661. The van der Waals surface area contributed by atoms with Crippen LogP contribution in [-0.4, -0.2) is 18.1 Å². The quantitative estimate of drug-likeness (QED) is 0.663. The number of ether oxygens (including phenoxy) is 1. The summed E-state index contributed by atoms with van der Waals surface area (Å²) in [7, 11) is 1.58. The number of halogens is 2. The van der Waals surface area contributed by atoms with Crippen LogP contribution in [0.25, 0.3) is 10.2 Å². The van der Waals surface area contributed by atoms with Crippen molar-refractivity contribution in [2.75, 3.05) is 17.7 Å². The molecule has 1 aromatic heterocycles. The topological polar surface area (TPSA) is 63.2 Å². The van der Waals surface area contributed by atoms with Crippen molar-refractivity contribution in [1.82, 2.24) is 4.98 Å². The maximum atomic E-state index is 12.1. The second kappa shape index (κ2) is 6.62. The highest BCUT2D eigenvalue weighted by Crippen LogP contribution is 2.32. The lowest BCUT2D eigenvalue weighted by molar-refractivity contribution is 0.262. The van der Waals surface area contributed by atoms with E-state index in [0.717, 1.165) is 4.70 Å². The monoisotopic (exact) mass is 367 g/mol. The molecule has 118 valence electrons. The van der Waals surface area contributed by atoms with Gasteiger partial charge in [0, 0.05) is 15.7 Å². The van der Waals surface area contributed by atoms with Crippen molar-refractivity contribution in [2.45, 2.75) is 0 Å². The molecule has 5 nitrogen and oxygen atoms in total. The van der Waals surface area contributed by atoms with Crippen LogP contribution in [0.2, 0.25) is 10.0 Å². The Labute approximate surface area is 146 Å². The van der Waals surface area contributed by atoms with Crippen LogP contribution in [0.5, 0.6) is 5.75 Å². The molecule has 0 atom stereocenters. The van der Waals surface area contributed by atoms with Gasteiger partial charge < -0.3 is 10.1 Å². The Morgan fingerprint density at radius 3 is 2.61 bits per heavy atom. The highest BCUT2D eigenvalue weighted by atomic mass is 35.5. The Bertz CT molecular complexity index is 862. The van der Waals surface area contributed by atoms with Gasteiger partial charge in [-0.1, -0.05) is 40.6 Å². The van der Waals surface area contributed by atoms with Gasteiger partial charge in [-0.25, -0.2) is 9.78 Å². The van der Waals surface area contributed by atoms with E-state index >= 15 is 0 Å². The molecular weight excluding hydrogens is 357 g/mol. The zero-order valence-electron chi connectivity index (χ0n) is 11.9. The summed E-state index contributed by atoms with van der Waals surface area (Å²) in [5.41, 5.74) is 1.21. The number of carbonyl (C=O) groups excluding carboxylic acids is 1. The van der Waals surface area contributed by atoms with Gasteiger partial charge in [0.1, 0.15) is 11.3 Å². The fourth-order valence-electron chi connectivity index (χ4n) is 2.03. The molecule has 0 saturated heterocycles. The number of rotatable bonds is 3. The van der Waals surface area contributed by atoms with E-state index in [1.807, 2.05) is 18.2 Å². The fraction of sp³-hybridized carbons (Fsp3) is 0.0667. The molecule has 2 aromatic carbocycles. The van der Waals surface area contributed by atoms with Crippen molar-refractivity contribution in [3.8, 4) is 5.75 Å². The van der Waals surface area contributed by atoms with E-state index in [2.05, 4.69) is 15.6 Å². The SMILES string of the molecule is COc1cccc2sc(NC(=O)Nc3cc(Cl)cc(Cl)c3)nc12. The van der Waals surface area contributed by atoms with Gasteiger partial charge in [0.15, 0.2) is 5.13 Å². The van der Waals surface area contributed by atoms with E-state index < -0.39 is 6.03 Å². The third-order valence-corrected chi connectivity index (χ3v) is 4.32. The number of urea groups is 1. The normalized spacial score (nSPS) is 10.6. The summed E-state index contributed by atoms with van der Waals surface area (Å²) in [6.45, 7) is 0. The van der Waals surface area contributed by atoms with Crippen molar-refractivity contribution in [1.29, 1.82) is 0 Å². The van der Waals surface area contributed by atoms with Crippen LogP contribution in [0.1, 0.15) is 0 Å². The molecule has 0 aliphatic carbocycles. The number of anilines is 2. The predicted molar refractivity (Wildman–Crippen MR) is 95.3 cm³/mol. The lowest BCUT2D eigenvalue weighted by Crippen LogP contribution is -2.19. The Morgan fingerprint density at radius 1 is 1.17 bits per heavy atom. The number of amides is 2. The molecule has 8 heteroatoms. The number of fused-ring (bicyclic) bond motifs is 1. The maximum absolute atomic E-state index is 12.1. The van der Waals surface area contributed by atoms with Gasteiger partial charge >= 0.3 is 6.03 Å². The first-order valence-electron chi connectivity index (χ1n) is 6.53. The van der Waals surface area contributed by atoms with Crippen molar-refractivity contribution in [3.63, 3.8) is 0 Å². The summed E-state index contributed by atoms with van der Waals surface area (Å²) in [4.78, 5) is 16.4. The number of carbonyl (C=O) groups is 1.